The van der Waals surface area contributed by atoms with Gasteiger partial charge < -0.3 is 5.11 Å². The van der Waals surface area contributed by atoms with Crippen LogP contribution in [0.4, 0.5) is 0 Å². The monoisotopic (exact) mass is 168 g/mol. The molecule has 0 aliphatic carbocycles. The summed E-state index contributed by atoms with van der Waals surface area (Å²) in [6, 6.07) is 0. The fourth-order valence-corrected chi connectivity index (χ4v) is 0.944. The van der Waals surface area contributed by atoms with Crippen molar-refractivity contribution in [2.75, 3.05) is 6.61 Å². The SMILES string of the molecule is CC(C)=CC[C@H](C)/C(C)=C\CO. The fourth-order valence-electron chi connectivity index (χ4n) is 0.944. The first kappa shape index (κ1) is 11.4. The van der Waals surface area contributed by atoms with E-state index in [4.69, 9.17) is 5.11 Å². The lowest BCUT2D eigenvalue weighted by Gasteiger charge is -2.09. The molecule has 0 unspecified atom stereocenters. The zero-order chi connectivity index (χ0) is 9.56. The highest BCUT2D eigenvalue weighted by Gasteiger charge is 2.00. The molecule has 0 aliphatic rings. The Balaban J connectivity index is 3.95. The zero-order valence-corrected chi connectivity index (χ0v) is 8.59. The third-order valence-electron chi connectivity index (χ3n) is 2.07. The fraction of sp³-hybridized carbons (Fsp3) is 0.636. The van der Waals surface area contributed by atoms with Crippen molar-refractivity contribution in [3.8, 4) is 0 Å². The molecular weight excluding hydrogens is 148 g/mol. The standard InChI is InChI=1S/C11H20O/c1-9(2)5-6-10(3)11(4)7-8-12/h5,7,10,12H,6,8H2,1-4H3/b11-7-/t10-/m0/s1. The molecule has 1 nitrogen and oxygen atoms in total. The summed E-state index contributed by atoms with van der Waals surface area (Å²) < 4.78 is 0. The van der Waals surface area contributed by atoms with Crippen LogP contribution in [0.1, 0.15) is 34.1 Å². The summed E-state index contributed by atoms with van der Waals surface area (Å²) in [5.74, 6) is 0.548. The number of aliphatic hydroxyl groups is 1. The molecule has 0 spiro atoms. The Morgan fingerprint density at radius 1 is 1.25 bits per heavy atom. The molecule has 0 saturated heterocycles. The summed E-state index contributed by atoms with van der Waals surface area (Å²) in [6.45, 7) is 8.63. The molecule has 0 aromatic rings. The lowest BCUT2D eigenvalue weighted by Crippen LogP contribution is -1.95. The maximum absolute atomic E-state index is 8.67. The summed E-state index contributed by atoms with van der Waals surface area (Å²) in [5.41, 5.74) is 2.63. The Morgan fingerprint density at radius 2 is 1.83 bits per heavy atom. The summed E-state index contributed by atoms with van der Waals surface area (Å²) >= 11 is 0. The van der Waals surface area contributed by atoms with Gasteiger partial charge >= 0.3 is 0 Å². The number of rotatable bonds is 4. The minimum Gasteiger partial charge on any atom is -0.392 e. The second kappa shape index (κ2) is 6.01. The molecule has 0 amide bonds. The Morgan fingerprint density at radius 3 is 2.25 bits per heavy atom. The average molecular weight is 168 g/mol. The van der Waals surface area contributed by atoms with Gasteiger partial charge in [0.25, 0.3) is 0 Å². The third kappa shape index (κ3) is 5.14. The van der Waals surface area contributed by atoms with Crippen LogP contribution >= 0.6 is 0 Å². The van der Waals surface area contributed by atoms with Crippen molar-refractivity contribution in [3.63, 3.8) is 0 Å². The molecule has 0 aromatic heterocycles. The largest absolute Gasteiger partial charge is 0.392 e. The maximum Gasteiger partial charge on any atom is 0.0615 e. The predicted octanol–water partition coefficient (Wildman–Crippen LogP) is 2.92. The smallest absolute Gasteiger partial charge is 0.0615 e. The molecule has 0 bridgehead atoms. The van der Waals surface area contributed by atoms with E-state index in [2.05, 4.69) is 33.8 Å². The van der Waals surface area contributed by atoms with Crippen LogP contribution < -0.4 is 0 Å². The van der Waals surface area contributed by atoms with Gasteiger partial charge in [-0.1, -0.05) is 30.2 Å². The molecule has 70 valence electrons. The van der Waals surface area contributed by atoms with Gasteiger partial charge in [0.05, 0.1) is 6.61 Å². The van der Waals surface area contributed by atoms with Gasteiger partial charge in [0, 0.05) is 0 Å². The van der Waals surface area contributed by atoms with E-state index in [1.54, 1.807) is 0 Å². The van der Waals surface area contributed by atoms with Crippen LogP contribution in [0.2, 0.25) is 0 Å². The molecule has 1 atom stereocenters. The van der Waals surface area contributed by atoms with Crippen molar-refractivity contribution in [3.05, 3.63) is 23.3 Å². The topological polar surface area (TPSA) is 20.2 Å². The van der Waals surface area contributed by atoms with Crippen molar-refractivity contribution in [2.24, 2.45) is 5.92 Å². The van der Waals surface area contributed by atoms with E-state index in [-0.39, 0.29) is 6.61 Å². The van der Waals surface area contributed by atoms with Gasteiger partial charge in [0.1, 0.15) is 0 Å². The van der Waals surface area contributed by atoms with E-state index in [1.165, 1.54) is 11.1 Å². The summed E-state index contributed by atoms with van der Waals surface area (Å²) in [6.07, 6.45) is 5.19. The second-order valence-corrected chi connectivity index (χ2v) is 3.55. The Labute approximate surface area is 75.8 Å². The Hall–Kier alpha value is -0.560. The van der Waals surface area contributed by atoms with Crippen molar-refractivity contribution >= 4 is 0 Å². The van der Waals surface area contributed by atoms with E-state index in [0.29, 0.717) is 5.92 Å². The van der Waals surface area contributed by atoms with Crippen LogP contribution in [0.15, 0.2) is 23.3 Å². The highest BCUT2D eigenvalue weighted by atomic mass is 16.2. The van der Waals surface area contributed by atoms with E-state index in [1.807, 2.05) is 6.08 Å². The van der Waals surface area contributed by atoms with Crippen LogP contribution in [-0.2, 0) is 0 Å². The lowest BCUT2D eigenvalue weighted by atomic mass is 9.98. The maximum atomic E-state index is 8.67. The number of hydrogen-bond acceptors (Lipinski definition) is 1. The first-order valence-corrected chi connectivity index (χ1v) is 4.48. The van der Waals surface area contributed by atoms with Gasteiger partial charge in [-0.2, -0.15) is 0 Å². The van der Waals surface area contributed by atoms with Gasteiger partial charge in [-0.25, -0.2) is 0 Å². The number of aliphatic hydroxyl groups excluding tert-OH is 1. The van der Waals surface area contributed by atoms with Crippen LogP contribution in [-0.4, -0.2) is 11.7 Å². The van der Waals surface area contributed by atoms with Crippen LogP contribution in [0.5, 0.6) is 0 Å². The first-order chi connectivity index (χ1) is 5.57. The van der Waals surface area contributed by atoms with Gasteiger partial charge in [0.2, 0.25) is 0 Å². The number of hydrogen-bond donors (Lipinski definition) is 1. The molecule has 0 rings (SSSR count). The predicted molar refractivity (Wildman–Crippen MR) is 54.1 cm³/mol. The summed E-state index contributed by atoms with van der Waals surface area (Å²) in [5, 5.41) is 8.67. The Kier molecular flexibility index (Phi) is 5.73. The van der Waals surface area contributed by atoms with Crippen molar-refractivity contribution in [1.29, 1.82) is 0 Å². The number of allylic oxidation sites excluding steroid dienone is 3. The molecule has 0 aromatic carbocycles. The molecule has 0 fully saturated rings. The quantitative estimate of drug-likeness (QED) is 0.640. The Bertz CT molecular complexity index is 173. The molecule has 1 heteroatoms. The van der Waals surface area contributed by atoms with Crippen molar-refractivity contribution in [1.82, 2.24) is 0 Å². The van der Waals surface area contributed by atoms with E-state index < -0.39 is 0 Å². The van der Waals surface area contributed by atoms with Gasteiger partial charge in [-0.3, -0.25) is 0 Å². The lowest BCUT2D eigenvalue weighted by molar-refractivity contribution is 0.340. The van der Waals surface area contributed by atoms with E-state index in [9.17, 15) is 0 Å². The van der Waals surface area contributed by atoms with E-state index >= 15 is 0 Å². The first-order valence-electron chi connectivity index (χ1n) is 4.48. The van der Waals surface area contributed by atoms with Gasteiger partial charge in [0.15, 0.2) is 0 Å². The normalized spacial score (nSPS) is 14.2. The summed E-state index contributed by atoms with van der Waals surface area (Å²) in [4.78, 5) is 0. The minimum absolute atomic E-state index is 0.158. The minimum atomic E-state index is 0.158. The van der Waals surface area contributed by atoms with Crippen molar-refractivity contribution in [2.45, 2.75) is 34.1 Å². The molecule has 12 heavy (non-hydrogen) atoms. The van der Waals surface area contributed by atoms with Gasteiger partial charge in [-0.15, -0.1) is 0 Å². The molecule has 0 heterocycles. The molecule has 0 aliphatic heterocycles. The van der Waals surface area contributed by atoms with Crippen LogP contribution in [0.25, 0.3) is 0 Å². The van der Waals surface area contributed by atoms with Gasteiger partial charge in [-0.05, 0) is 33.1 Å². The summed E-state index contributed by atoms with van der Waals surface area (Å²) in [7, 11) is 0. The third-order valence-corrected chi connectivity index (χ3v) is 2.07. The molecular formula is C11H20O. The zero-order valence-electron chi connectivity index (χ0n) is 8.59. The molecule has 0 saturated carbocycles. The van der Waals surface area contributed by atoms with Crippen LogP contribution in [0, 0.1) is 5.92 Å². The molecule has 1 N–H and O–H groups in total. The molecule has 0 radical (unpaired) electrons. The highest BCUT2D eigenvalue weighted by molar-refractivity contribution is 5.05. The van der Waals surface area contributed by atoms with E-state index in [0.717, 1.165) is 6.42 Å². The van der Waals surface area contributed by atoms with Crippen LogP contribution in [0.3, 0.4) is 0 Å². The highest BCUT2D eigenvalue weighted by Crippen LogP contribution is 2.14. The van der Waals surface area contributed by atoms with Crippen molar-refractivity contribution < 1.29 is 5.11 Å². The average Bonchev–Trinajstić information content (AvgIpc) is 2.00. The second-order valence-electron chi connectivity index (χ2n) is 3.55.